The van der Waals surface area contributed by atoms with Crippen LogP contribution >= 0.6 is 0 Å². The molecule has 9 nitrogen and oxygen atoms in total. The number of hydrogen-bond acceptors (Lipinski definition) is 6. The Morgan fingerprint density at radius 2 is 2.18 bits per heavy atom. The third-order valence-electron chi connectivity index (χ3n) is 2.64. The van der Waals surface area contributed by atoms with Crippen molar-refractivity contribution in [3.05, 3.63) is 57.5 Å². The number of aryl methyl sites for hydroxylation is 1. The van der Waals surface area contributed by atoms with Gasteiger partial charge in [0, 0.05) is 16.4 Å². The van der Waals surface area contributed by atoms with Crippen LogP contribution in [0.2, 0.25) is 0 Å². The van der Waals surface area contributed by atoms with Crippen LogP contribution in [0.1, 0.15) is 22.8 Å². The number of hydrogen-bond donors (Lipinski definition) is 2. The van der Waals surface area contributed by atoms with Crippen molar-refractivity contribution in [3.63, 3.8) is 0 Å². The first-order chi connectivity index (χ1) is 10.5. The molecule has 2 N–H and O–H groups in total. The third kappa shape index (κ3) is 3.88. The van der Waals surface area contributed by atoms with E-state index in [1.54, 1.807) is 25.1 Å². The molecule has 0 saturated carbocycles. The van der Waals surface area contributed by atoms with Gasteiger partial charge in [0.05, 0.1) is 6.20 Å². The van der Waals surface area contributed by atoms with Crippen molar-refractivity contribution >= 4 is 18.1 Å². The summed E-state index contributed by atoms with van der Waals surface area (Å²) < 4.78 is 1.18. The summed E-state index contributed by atoms with van der Waals surface area (Å²) in [6.45, 7) is 3.57. The Kier molecular flexibility index (Phi) is 4.47. The van der Waals surface area contributed by atoms with Crippen LogP contribution in [0.4, 0.5) is 5.95 Å². The second-order valence-corrected chi connectivity index (χ2v) is 4.54. The Bertz CT molecular complexity index is 737. The molecule has 1 heterocycles. The molecule has 0 aliphatic carbocycles. The van der Waals surface area contributed by atoms with Crippen molar-refractivity contribution in [2.24, 2.45) is 0 Å². The first-order valence-corrected chi connectivity index (χ1v) is 6.32. The van der Waals surface area contributed by atoms with Crippen LogP contribution in [0.15, 0.2) is 36.3 Å². The van der Waals surface area contributed by atoms with Gasteiger partial charge < -0.3 is 15.5 Å². The van der Waals surface area contributed by atoms with Gasteiger partial charge in [0.15, 0.2) is 0 Å². The second kappa shape index (κ2) is 6.48. The summed E-state index contributed by atoms with van der Waals surface area (Å²) in [5, 5.41) is 14.1. The van der Waals surface area contributed by atoms with Crippen LogP contribution in [-0.2, 0) is 0 Å². The van der Waals surface area contributed by atoms with E-state index in [0.29, 0.717) is 11.3 Å². The number of benzene rings is 1. The number of nitrogens with zero attached hydrogens (tertiary/aromatic N) is 4. The average Bonchev–Trinajstić information content (AvgIpc) is 2.93. The number of allylic oxidation sites excluding steroid dienone is 1. The number of nitrogens with one attached hydrogen (secondary N) is 2. The fourth-order valence-electron chi connectivity index (χ4n) is 1.66. The summed E-state index contributed by atoms with van der Waals surface area (Å²) in [5.41, 5.74) is 7.25. The van der Waals surface area contributed by atoms with Crippen molar-refractivity contribution < 1.29 is 9.72 Å². The van der Waals surface area contributed by atoms with E-state index in [2.05, 4.69) is 20.9 Å². The lowest BCUT2D eigenvalue weighted by atomic mass is 10.1. The maximum absolute atomic E-state index is 11.9. The monoisotopic (exact) mass is 302 g/mol. The molecule has 2 aromatic rings. The van der Waals surface area contributed by atoms with Gasteiger partial charge in [-0.3, -0.25) is 10.2 Å². The van der Waals surface area contributed by atoms with E-state index in [4.69, 9.17) is 0 Å². The number of aromatic nitrogens is 3. The summed E-state index contributed by atoms with van der Waals surface area (Å²) >= 11 is 0. The Morgan fingerprint density at radius 1 is 1.41 bits per heavy atom. The minimum absolute atomic E-state index is 0.291. The topological polar surface area (TPSA) is 115 Å². The van der Waals surface area contributed by atoms with Crippen molar-refractivity contribution in [1.29, 1.82) is 0 Å². The van der Waals surface area contributed by atoms with Crippen LogP contribution < -0.4 is 10.9 Å². The molecule has 0 aliphatic rings. The normalized spacial score (nSPS) is 11.1. The van der Waals surface area contributed by atoms with Crippen molar-refractivity contribution in [2.45, 2.75) is 13.8 Å². The van der Waals surface area contributed by atoms with Gasteiger partial charge in [0.2, 0.25) is 6.33 Å². The lowest BCUT2D eigenvalue weighted by Gasteiger charge is -2.08. The van der Waals surface area contributed by atoms with Crippen molar-refractivity contribution in [1.82, 2.24) is 25.6 Å². The number of carbonyl (C=O) groups is 1. The number of amides is 1. The quantitative estimate of drug-likeness (QED) is 0.634. The van der Waals surface area contributed by atoms with Gasteiger partial charge in [0.25, 0.3) is 5.91 Å². The average molecular weight is 302 g/mol. The minimum atomic E-state index is -0.688. The highest BCUT2D eigenvalue weighted by Gasteiger charge is 2.11. The van der Waals surface area contributed by atoms with E-state index in [1.807, 2.05) is 13.0 Å². The predicted molar refractivity (Wildman–Crippen MR) is 78.4 cm³/mol. The molecule has 0 aliphatic heterocycles. The molecule has 1 aromatic carbocycles. The Morgan fingerprint density at radius 3 is 2.82 bits per heavy atom. The number of hydrazine groups is 1. The molecule has 1 amide bonds. The van der Waals surface area contributed by atoms with Gasteiger partial charge in [-0.15, -0.1) is 4.68 Å². The van der Waals surface area contributed by atoms with Gasteiger partial charge >= 0.3 is 5.95 Å². The van der Waals surface area contributed by atoms with Gasteiger partial charge in [-0.05, 0) is 30.9 Å². The minimum Gasteiger partial charge on any atom is -0.390 e. The van der Waals surface area contributed by atoms with E-state index < -0.39 is 10.9 Å². The largest absolute Gasteiger partial charge is 0.491 e. The van der Waals surface area contributed by atoms with Crippen LogP contribution in [0.25, 0.3) is 6.20 Å². The van der Waals surface area contributed by atoms with Crippen molar-refractivity contribution in [2.75, 3.05) is 0 Å². The zero-order chi connectivity index (χ0) is 16.1. The molecule has 0 fully saturated rings. The van der Waals surface area contributed by atoms with E-state index in [9.17, 15) is 14.9 Å². The van der Waals surface area contributed by atoms with Crippen LogP contribution in [-0.4, -0.2) is 25.6 Å². The SMILES string of the molecule is CC(=Cn1cnc([N+](=O)[O-])n1)NNC(=O)c1cccc(C)c1. The summed E-state index contributed by atoms with van der Waals surface area (Å²) in [7, 11) is 0. The molecule has 0 saturated heterocycles. The first-order valence-electron chi connectivity index (χ1n) is 6.32. The van der Waals surface area contributed by atoms with E-state index >= 15 is 0 Å². The maximum Gasteiger partial charge on any atom is 0.491 e. The highest BCUT2D eigenvalue weighted by molar-refractivity contribution is 5.94. The standard InChI is InChI=1S/C13H14N6O3/c1-9-4-3-5-11(6-9)12(20)16-15-10(2)7-18-8-14-13(17-18)19(21)22/h3-8,15H,1-2H3,(H,16,20). The second-order valence-electron chi connectivity index (χ2n) is 4.54. The van der Waals surface area contributed by atoms with E-state index in [-0.39, 0.29) is 5.91 Å². The molecule has 0 unspecified atom stereocenters. The molecule has 0 spiro atoms. The maximum atomic E-state index is 11.9. The number of rotatable bonds is 5. The number of nitro groups is 1. The zero-order valence-electron chi connectivity index (χ0n) is 12.0. The van der Waals surface area contributed by atoms with E-state index in [1.165, 1.54) is 17.2 Å². The van der Waals surface area contributed by atoms with Crippen molar-refractivity contribution in [3.8, 4) is 0 Å². The van der Waals surface area contributed by atoms with Crippen LogP contribution in [0.5, 0.6) is 0 Å². The molecule has 0 bridgehead atoms. The highest BCUT2D eigenvalue weighted by Crippen LogP contribution is 2.04. The fraction of sp³-hybridized carbons (Fsp3) is 0.154. The molecule has 9 heteroatoms. The molecular formula is C13H14N6O3. The summed E-state index contributed by atoms with van der Waals surface area (Å²) in [6.07, 6.45) is 2.65. The molecule has 1 aromatic heterocycles. The Labute approximate surface area is 125 Å². The summed E-state index contributed by atoms with van der Waals surface area (Å²) in [5.74, 6) is -0.783. The fourth-order valence-corrected chi connectivity index (χ4v) is 1.66. The lowest BCUT2D eigenvalue weighted by Crippen LogP contribution is -2.36. The van der Waals surface area contributed by atoms with Gasteiger partial charge in [-0.1, -0.05) is 22.7 Å². The Balaban J connectivity index is 1.96. The van der Waals surface area contributed by atoms with E-state index in [0.717, 1.165) is 5.56 Å². The lowest BCUT2D eigenvalue weighted by molar-refractivity contribution is -0.394. The smallest absolute Gasteiger partial charge is 0.390 e. The molecule has 2 rings (SSSR count). The predicted octanol–water partition coefficient (Wildman–Crippen LogP) is 1.25. The molecule has 0 radical (unpaired) electrons. The van der Waals surface area contributed by atoms with Crippen LogP contribution in [0.3, 0.4) is 0 Å². The van der Waals surface area contributed by atoms with Gasteiger partial charge in [-0.2, -0.15) is 0 Å². The Hall–Kier alpha value is -3.23. The molecule has 0 atom stereocenters. The highest BCUT2D eigenvalue weighted by atomic mass is 16.6. The van der Waals surface area contributed by atoms with Gasteiger partial charge in [0.1, 0.15) is 0 Å². The summed E-state index contributed by atoms with van der Waals surface area (Å²) in [4.78, 5) is 25.2. The zero-order valence-corrected chi connectivity index (χ0v) is 12.0. The molecular weight excluding hydrogens is 288 g/mol. The molecule has 114 valence electrons. The first kappa shape index (κ1) is 15.2. The summed E-state index contributed by atoms with van der Waals surface area (Å²) in [6, 6.07) is 7.15. The number of carbonyl (C=O) groups excluding carboxylic acids is 1. The van der Waals surface area contributed by atoms with Gasteiger partial charge in [-0.25, -0.2) is 0 Å². The molecule has 22 heavy (non-hydrogen) atoms. The third-order valence-corrected chi connectivity index (χ3v) is 2.64. The van der Waals surface area contributed by atoms with Crippen LogP contribution in [0, 0.1) is 17.0 Å².